The highest BCUT2D eigenvalue weighted by Crippen LogP contribution is 2.18. The molecule has 2 aromatic rings. The minimum absolute atomic E-state index is 0.165. The number of amides is 2. The third-order valence-electron chi connectivity index (χ3n) is 3.30. The number of hydrogen-bond donors (Lipinski definition) is 2. The van der Waals surface area contributed by atoms with E-state index in [1.165, 1.54) is 6.08 Å². The molecule has 5 heteroatoms. The zero-order chi connectivity index (χ0) is 16.8. The third-order valence-corrected chi connectivity index (χ3v) is 3.53. The van der Waals surface area contributed by atoms with Gasteiger partial charge in [-0.05, 0) is 55.0 Å². The van der Waals surface area contributed by atoms with Gasteiger partial charge < -0.3 is 10.6 Å². The monoisotopic (exact) mass is 328 g/mol. The second-order valence-electron chi connectivity index (χ2n) is 5.02. The SMILES string of the molecule is C=CC(=O)Nc1ccc(C(=O)NC(C)c2cccc(Cl)c2)cc1. The van der Waals surface area contributed by atoms with Gasteiger partial charge in [-0.3, -0.25) is 9.59 Å². The molecule has 2 rings (SSSR count). The van der Waals surface area contributed by atoms with Gasteiger partial charge in [0.1, 0.15) is 0 Å². The van der Waals surface area contributed by atoms with E-state index >= 15 is 0 Å². The molecule has 4 nitrogen and oxygen atoms in total. The van der Waals surface area contributed by atoms with Gasteiger partial charge in [0.25, 0.3) is 5.91 Å². The standard InChI is InChI=1S/C18H17ClN2O2/c1-3-17(22)21-16-9-7-13(8-10-16)18(23)20-12(2)14-5-4-6-15(19)11-14/h3-12H,1H2,2H3,(H,20,23)(H,21,22). The minimum atomic E-state index is -0.295. The molecule has 1 atom stereocenters. The Hall–Kier alpha value is -2.59. The summed E-state index contributed by atoms with van der Waals surface area (Å²) in [5, 5.41) is 6.17. The first-order valence-electron chi connectivity index (χ1n) is 7.09. The fraction of sp³-hybridized carbons (Fsp3) is 0.111. The Morgan fingerprint density at radius 2 is 1.87 bits per heavy atom. The molecule has 2 amide bonds. The van der Waals surface area contributed by atoms with Gasteiger partial charge in [0.05, 0.1) is 6.04 Å². The van der Waals surface area contributed by atoms with Crippen LogP contribution in [-0.2, 0) is 4.79 Å². The normalized spacial score (nSPS) is 11.4. The lowest BCUT2D eigenvalue weighted by Crippen LogP contribution is -2.26. The Morgan fingerprint density at radius 1 is 1.17 bits per heavy atom. The van der Waals surface area contributed by atoms with Crippen molar-refractivity contribution in [2.75, 3.05) is 5.32 Å². The third kappa shape index (κ3) is 4.69. The van der Waals surface area contributed by atoms with E-state index in [-0.39, 0.29) is 17.9 Å². The summed E-state index contributed by atoms with van der Waals surface area (Å²) in [7, 11) is 0. The van der Waals surface area contributed by atoms with Crippen LogP contribution in [0.5, 0.6) is 0 Å². The van der Waals surface area contributed by atoms with Crippen LogP contribution in [-0.4, -0.2) is 11.8 Å². The van der Waals surface area contributed by atoms with Crippen LogP contribution >= 0.6 is 11.6 Å². The molecule has 0 fully saturated rings. The van der Waals surface area contributed by atoms with Gasteiger partial charge >= 0.3 is 0 Å². The Kier molecular flexibility index (Phi) is 5.55. The number of anilines is 1. The molecule has 2 aromatic carbocycles. The van der Waals surface area contributed by atoms with Crippen molar-refractivity contribution in [2.24, 2.45) is 0 Å². The van der Waals surface area contributed by atoms with E-state index in [1.54, 1.807) is 30.3 Å². The molecule has 0 aliphatic carbocycles. The number of benzene rings is 2. The number of carbonyl (C=O) groups is 2. The lowest BCUT2D eigenvalue weighted by Gasteiger charge is -2.15. The van der Waals surface area contributed by atoms with Crippen LogP contribution in [0.3, 0.4) is 0 Å². The van der Waals surface area contributed by atoms with Crippen molar-refractivity contribution in [1.29, 1.82) is 0 Å². The average Bonchev–Trinajstić information content (AvgIpc) is 2.55. The van der Waals surface area contributed by atoms with E-state index in [1.807, 2.05) is 25.1 Å². The highest BCUT2D eigenvalue weighted by molar-refractivity contribution is 6.30. The molecule has 0 saturated heterocycles. The predicted molar refractivity (Wildman–Crippen MR) is 92.6 cm³/mol. The lowest BCUT2D eigenvalue weighted by atomic mass is 10.1. The summed E-state index contributed by atoms with van der Waals surface area (Å²) in [6, 6.07) is 13.8. The number of rotatable bonds is 5. The maximum atomic E-state index is 12.3. The molecule has 2 N–H and O–H groups in total. The van der Waals surface area contributed by atoms with Crippen molar-refractivity contribution < 1.29 is 9.59 Å². The molecular weight excluding hydrogens is 312 g/mol. The Morgan fingerprint density at radius 3 is 2.48 bits per heavy atom. The molecule has 0 spiro atoms. The zero-order valence-electron chi connectivity index (χ0n) is 12.7. The molecule has 0 aliphatic rings. The van der Waals surface area contributed by atoms with Crippen molar-refractivity contribution in [2.45, 2.75) is 13.0 Å². The highest BCUT2D eigenvalue weighted by atomic mass is 35.5. The van der Waals surface area contributed by atoms with E-state index in [0.29, 0.717) is 16.3 Å². The van der Waals surface area contributed by atoms with Crippen LogP contribution < -0.4 is 10.6 Å². The maximum Gasteiger partial charge on any atom is 0.251 e. The van der Waals surface area contributed by atoms with E-state index < -0.39 is 0 Å². The molecule has 0 saturated carbocycles. The second-order valence-corrected chi connectivity index (χ2v) is 5.46. The van der Waals surface area contributed by atoms with Crippen LogP contribution in [0.1, 0.15) is 28.9 Å². The highest BCUT2D eigenvalue weighted by Gasteiger charge is 2.11. The Bertz CT molecular complexity index is 726. The number of hydrogen-bond acceptors (Lipinski definition) is 2. The average molecular weight is 329 g/mol. The minimum Gasteiger partial charge on any atom is -0.346 e. The van der Waals surface area contributed by atoms with Crippen LogP contribution in [0.4, 0.5) is 5.69 Å². The Labute approximate surface area is 140 Å². The summed E-state index contributed by atoms with van der Waals surface area (Å²) in [6.45, 7) is 5.28. The van der Waals surface area contributed by atoms with Crippen molar-refractivity contribution in [3.05, 3.63) is 77.3 Å². The molecule has 0 aromatic heterocycles. The van der Waals surface area contributed by atoms with E-state index in [0.717, 1.165) is 5.56 Å². The number of nitrogens with one attached hydrogen (secondary N) is 2. The van der Waals surface area contributed by atoms with Gasteiger partial charge in [0.15, 0.2) is 0 Å². The van der Waals surface area contributed by atoms with E-state index in [4.69, 9.17) is 11.6 Å². The molecule has 0 aliphatic heterocycles. The van der Waals surface area contributed by atoms with Crippen molar-refractivity contribution >= 4 is 29.1 Å². The molecule has 0 heterocycles. The fourth-order valence-corrected chi connectivity index (χ4v) is 2.24. The summed E-state index contributed by atoms with van der Waals surface area (Å²) >= 11 is 5.96. The van der Waals surface area contributed by atoms with Crippen LogP contribution in [0, 0.1) is 0 Å². The summed E-state index contributed by atoms with van der Waals surface area (Å²) in [5.74, 6) is -0.490. The summed E-state index contributed by atoms with van der Waals surface area (Å²) in [4.78, 5) is 23.5. The largest absolute Gasteiger partial charge is 0.346 e. The molecular formula is C18H17ClN2O2. The van der Waals surface area contributed by atoms with Gasteiger partial charge in [0, 0.05) is 16.3 Å². The van der Waals surface area contributed by atoms with Gasteiger partial charge in [-0.15, -0.1) is 0 Å². The quantitative estimate of drug-likeness (QED) is 0.816. The summed E-state index contributed by atoms with van der Waals surface area (Å²) < 4.78 is 0. The predicted octanol–water partition coefficient (Wildman–Crippen LogP) is 3.96. The van der Waals surface area contributed by atoms with Gasteiger partial charge in [-0.2, -0.15) is 0 Å². The Balaban J connectivity index is 2.03. The zero-order valence-corrected chi connectivity index (χ0v) is 13.4. The fourth-order valence-electron chi connectivity index (χ4n) is 2.04. The molecule has 0 radical (unpaired) electrons. The van der Waals surface area contributed by atoms with Gasteiger partial charge in [-0.1, -0.05) is 30.3 Å². The molecule has 0 bridgehead atoms. The van der Waals surface area contributed by atoms with Crippen molar-refractivity contribution in [1.82, 2.24) is 5.32 Å². The summed E-state index contributed by atoms with van der Waals surface area (Å²) in [6.07, 6.45) is 1.19. The molecule has 1 unspecified atom stereocenters. The number of carbonyl (C=O) groups excluding carboxylic acids is 2. The maximum absolute atomic E-state index is 12.3. The smallest absolute Gasteiger partial charge is 0.251 e. The first-order chi connectivity index (χ1) is 11.0. The van der Waals surface area contributed by atoms with Crippen LogP contribution in [0.15, 0.2) is 61.2 Å². The van der Waals surface area contributed by atoms with Crippen molar-refractivity contribution in [3.63, 3.8) is 0 Å². The lowest BCUT2D eigenvalue weighted by molar-refractivity contribution is -0.111. The van der Waals surface area contributed by atoms with E-state index in [9.17, 15) is 9.59 Å². The molecule has 118 valence electrons. The topological polar surface area (TPSA) is 58.2 Å². The van der Waals surface area contributed by atoms with Crippen LogP contribution in [0.2, 0.25) is 5.02 Å². The van der Waals surface area contributed by atoms with Crippen LogP contribution in [0.25, 0.3) is 0 Å². The summed E-state index contributed by atoms with van der Waals surface area (Å²) in [5.41, 5.74) is 2.05. The first-order valence-corrected chi connectivity index (χ1v) is 7.47. The number of halogens is 1. The molecule has 23 heavy (non-hydrogen) atoms. The first kappa shape index (κ1) is 16.8. The van der Waals surface area contributed by atoms with Gasteiger partial charge in [-0.25, -0.2) is 0 Å². The van der Waals surface area contributed by atoms with Crippen molar-refractivity contribution in [3.8, 4) is 0 Å². The van der Waals surface area contributed by atoms with Gasteiger partial charge in [0.2, 0.25) is 5.91 Å². The second kappa shape index (κ2) is 7.61. The van der Waals surface area contributed by atoms with E-state index in [2.05, 4.69) is 17.2 Å².